The van der Waals surface area contributed by atoms with Crippen molar-refractivity contribution in [3.63, 3.8) is 0 Å². The molecule has 189 valence electrons. The van der Waals surface area contributed by atoms with Gasteiger partial charge in [0.2, 0.25) is 9.10 Å². The molecular formula is C11H11BCl3N5Na4O11P3. The SMILES string of the molecule is [B-]P(=O)(OC[C@H]1O[C@@H](n2cnc3c(N)nc(Cl)nc32)[C@H](O)[C@@H]1O)OP(=O)([O-])C(Cl)(Cl)P(=O)([O-])[O-].[Na+].[Na+].[Na+].[Na+]. The van der Waals surface area contributed by atoms with E-state index in [1.165, 1.54) is 0 Å². The first-order chi connectivity index (χ1) is 15.4. The number of hydrogen-bond donors (Lipinski definition) is 3. The van der Waals surface area contributed by atoms with Gasteiger partial charge in [0.15, 0.2) is 25.3 Å². The van der Waals surface area contributed by atoms with Crippen molar-refractivity contribution in [2.24, 2.45) is 0 Å². The maximum Gasteiger partial charge on any atom is 1.00 e. The van der Waals surface area contributed by atoms with Crippen LogP contribution in [0.15, 0.2) is 6.33 Å². The van der Waals surface area contributed by atoms with Gasteiger partial charge in [-0.05, 0) is 19.2 Å². The molecule has 1 aliphatic heterocycles. The number of nitrogens with two attached hydrogens (primary N) is 1. The van der Waals surface area contributed by atoms with Crippen molar-refractivity contribution in [3.8, 4) is 0 Å². The van der Waals surface area contributed by atoms with Crippen molar-refractivity contribution in [2.75, 3.05) is 12.3 Å². The number of imidazole rings is 1. The molecule has 0 aromatic carbocycles. The number of anilines is 1. The van der Waals surface area contributed by atoms with Crippen LogP contribution in [0.2, 0.25) is 5.28 Å². The van der Waals surface area contributed by atoms with Crippen LogP contribution in [-0.4, -0.2) is 66.0 Å². The molecule has 2 aromatic rings. The fraction of sp³-hybridized carbons (Fsp3) is 0.545. The Morgan fingerprint density at radius 1 is 1.13 bits per heavy atom. The Morgan fingerprint density at radius 3 is 2.21 bits per heavy atom. The van der Waals surface area contributed by atoms with Gasteiger partial charge in [0.1, 0.15) is 23.8 Å². The van der Waals surface area contributed by atoms with E-state index in [-0.39, 0.29) is 140 Å². The molecule has 3 radical (unpaired) electrons. The van der Waals surface area contributed by atoms with Crippen molar-refractivity contribution < 1.29 is 170 Å². The molecule has 27 heteroatoms. The van der Waals surface area contributed by atoms with E-state index >= 15 is 0 Å². The van der Waals surface area contributed by atoms with Gasteiger partial charge in [0.05, 0.1) is 20.4 Å². The fourth-order valence-electron chi connectivity index (χ4n) is 2.74. The average molecular weight is 691 g/mol. The zero-order valence-electron chi connectivity index (χ0n) is 20.1. The van der Waals surface area contributed by atoms with Gasteiger partial charge in [0.25, 0.3) is 0 Å². The molecule has 16 nitrogen and oxygen atoms in total. The second kappa shape index (κ2) is 16.3. The van der Waals surface area contributed by atoms with E-state index < -0.39 is 57.6 Å². The van der Waals surface area contributed by atoms with Gasteiger partial charge >= 0.3 is 118 Å². The first kappa shape index (κ1) is 43.8. The number of nitrogen functional groups attached to an aromatic ring is 1. The summed E-state index contributed by atoms with van der Waals surface area (Å²) in [6.07, 6.45) is -5.10. The Bertz CT molecular complexity index is 1260. The van der Waals surface area contributed by atoms with E-state index in [2.05, 4.69) is 23.8 Å². The maximum atomic E-state index is 12.2. The van der Waals surface area contributed by atoms with Crippen LogP contribution in [0.5, 0.6) is 0 Å². The Hall–Kier alpha value is 3.65. The summed E-state index contributed by atoms with van der Waals surface area (Å²) in [4.78, 5) is 45.4. The number of aliphatic hydroxyl groups excluding tert-OH is 2. The first-order valence-corrected chi connectivity index (χ1v) is 14.3. The van der Waals surface area contributed by atoms with E-state index in [1.54, 1.807) is 0 Å². The minimum absolute atomic E-state index is 0. The van der Waals surface area contributed by atoms with Crippen molar-refractivity contribution in [2.45, 2.75) is 28.4 Å². The minimum atomic E-state index is -6.23. The van der Waals surface area contributed by atoms with E-state index in [0.717, 1.165) is 10.9 Å². The third-order valence-electron chi connectivity index (χ3n) is 4.33. The van der Waals surface area contributed by atoms with Gasteiger partial charge in [-0.1, -0.05) is 23.2 Å². The number of ether oxygens (including phenoxy) is 1. The summed E-state index contributed by atoms with van der Waals surface area (Å²) in [5.41, 5.74) is 5.82. The Labute approximate surface area is 319 Å². The van der Waals surface area contributed by atoms with Crippen LogP contribution in [0, 0.1) is 0 Å². The van der Waals surface area contributed by atoms with Crippen molar-refractivity contribution in [1.82, 2.24) is 19.5 Å². The number of hydrogen-bond acceptors (Lipinski definition) is 15. The summed E-state index contributed by atoms with van der Waals surface area (Å²) >= 11 is 15.8. The third-order valence-corrected chi connectivity index (χ3v) is 12.1. The predicted octanol–water partition coefficient (Wildman–Crippen LogP) is -13.4. The van der Waals surface area contributed by atoms with Crippen LogP contribution >= 0.6 is 57.5 Å². The molecule has 1 aliphatic rings. The number of aliphatic hydroxyl groups is 2. The number of fused-ring (bicyclic) bond motifs is 1. The molecule has 38 heavy (non-hydrogen) atoms. The molecule has 0 aliphatic carbocycles. The second-order valence-corrected chi connectivity index (χ2v) is 15.1. The number of rotatable bonds is 8. The molecule has 3 heterocycles. The fourth-order valence-corrected chi connectivity index (χ4v) is 7.13. The third kappa shape index (κ3) is 9.58. The molecule has 0 bridgehead atoms. The number of nitrogens with zero attached hydrogens (tertiary/aromatic N) is 4. The van der Waals surface area contributed by atoms with Gasteiger partial charge in [-0.15, -0.1) is 0 Å². The molecule has 0 spiro atoms. The standard InChI is InChI=1S/C11H14BCl3N5O11P3.4Na/c12-34(28,31-33(26,27)11(14,15)32(23,24)25)29-1-3-5(21)6(22)9(30-3)20-2-17-4-7(16)18-10(13)19-8(4)20;;;;/h2-3,5-6,9,21-22H,1H2,(H,26,27)(H2,16,18,19)(H2,23,24,25);;;;/q-1;4*+1/p-3/t3-,5-,6-,9-,34?;;;;/m1..../s1. The minimum Gasteiger partial charge on any atom is -0.808 e. The average Bonchev–Trinajstić information content (AvgIpc) is 3.20. The van der Waals surface area contributed by atoms with Crippen LogP contribution in [0.3, 0.4) is 0 Å². The molecule has 2 aromatic heterocycles. The van der Waals surface area contributed by atoms with Gasteiger partial charge in [0, 0.05) is 0 Å². The van der Waals surface area contributed by atoms with Crippen LogP contribution in [-0.2, 0) is 27.3 Å². The predicted molar refractivity (Wildman–Crippen MR) is 111 cm³/mol. The zero-order chi connectivity index (χ0) is 25.9. The van der Waals surface area contributed by atoms with E-state index in [4.69, 9.17) is 52.8 Å². The van der Waals surface area contributed by atoms with Crippen LogP contribution in [0.1, 0.15) is 6.23 Å². The zero-order valence-corrected chi connectivity index (χ0v) is 33.0. The monoisotopic (exact) mass is 690 g/mol. The van der Waals surface area contributed by atoms with Crippen LogP contribution in [0.25, 0.3) is 11.2 Å². The summed E-state index contributed by atoms with van der Waals surface area (Å²) < 4.78 is 46.2. The van der Waals surface area contributed by atoms with E-state index in [1.807, 2.05) is 0 Å². The summed E-state index contributed by atoms with van der Waals surface area (Å²) in [7, 11) is -12.5. The second-order valence-electron chi connectivity index (χ2n) is 6.67. The first-order valence-electron chi connectivity index (χ1n) is 8.51. The van der Waals surface area contributed by atoms with Crippen molar-refractivity contribution in [1.29, 1.82) is 0 Å². The Morgan fingerprint density at radius 2 is 1.68 bits per heavy atom. The normalized spacial score (nSPS) is 24.7. The topological polar surface area (TPSA) is 258 Å². The van der Waals surface area contributed by atoms with Gasteiger partial charge in [-0.25, -0.2) is 4.98 Å². The summed E-state index contributed by atoms with van der Waals surface area (Å²) in [5, 5.41) is 20.4. The van der Waals surface area contributed by atoms with Gasteiger partial charge in [-0.3, -0.25) is 8.88 Å². The molecule has 0 saturated carbocycles. The molecule has 1 fully saturated rings. The van der Waals surface area contributed by atoms with Gasteiger partial charge in [-0.2, -0.15) is 9.97 Å². The Balaban J connectivity index is 0. The molecule has 1 saturated heterocycles. The van der Waals surface area contributed by atoms with E-state index in [0.29, 0.717) is 0 Å². The van der Waals surface area contributed by atoms with Gasteiger partial charge < -0.3 is 61.1 Å². The summed E-state index contributed by atoms with van der Waals surface area (Å²) in [6.45, 7) is -0.961. The van der Waals surface area contributed by atoms with E-state index in [9.17, 15) is 38.6 Å². The smallest absolute Gasteiger partial charge is 0.808 e. The van der Waals surface area contributed by atoms with Crippen LogP contribution < -0.4 is 139 Å². The largest absolute Gasteiger partial charge is 1.00 e. The van der Waals surface area contributed by atoms with Crippen molar-refractivity contribution in [3.05, 3.63) is 11.6 Å². The Kier molecular flexibility index (Phi) is 18.8. The quantitative estimate of drug-likeness (QED) is 0.101. The van der Waals surface area contributed by atoms with Crippen molar-refractivity contribution >= 4 is 82.0 Å². The molecule has 2 unspecified atom stereocenters. The number of alkyl halides is 2. The maximum absolute atomic E-state index is 12.2. The number of aromatic nitrogens is 4. The molecule has 4 N–H and O–H groups in total. The molecule has 6 atom stereocenters. The van der Waals surface area contributed by atoms with Crippen LogP contribution in [0.4, 0.5) is 5.82 Å². The molecule has 3 rings (SSSR count). The summed E-state index contributed by atoms with van der Waals surface area (Å²) in [5.74, 6) is -0.0831. The number of halogens is 3. The summed E-state index contributed by atoms with van der Waals surface area (Å²) in [6, 6.07) is 0. The molecular weight excluding hydrogens is 680 g/mol. The molecule has 0 amide bonds.